The lowest BCUT2D eigenvalue weighted by Crippen LogP contribution is -2.36. The predicted octanol–water partition coefficient (Wildman–Crippen LogP) is -0.177. The van der Waals surface area contributed by atoms with E-state index in [2.05, 4.69) is 9.97 Å². The number of aromatic nitrogens is 4. The van der Waals surface area contributed by atoms with Gasteiger partial charge in [-0.1, -0.05) is 0 Å². The van der Waals surface area contributed by atoms with E-state index in [9.17, 15) is 9.59 Å². The Labute approximate surface area is 95.3 Å². The number of imidazole rings is 1. The van der Waals surface area contributed by atoms with Crippen LogP contribution in [0.15, 0.2) is 9.59 Å². The highest BCUT2D eigenvalue weighted by molar-refractivity contribution is 7.97. The van der Waals surface area contributed by atoms with Crippen LogP contribution in [0.5, 0.6) is 0 Å². The molecule has 16 heavy (non-hydrogen) atoms. The third-order valence-corrected chi connectivity index (χ3v) is 2.99. The van der Waals surface area contributed by atoms with Crippen LogP contribution in [-0.4, -0.2) is 25.4 Å². The minimum Gasteiger partial charge on any atom is -0.335 e. The molecule has 0 aliphatic rings. The van der Waals surface area contributed by atoms with Crippen molar-refractivity contribution in [3.63, 3.8) is 0 Å². The maximum atomic E-state index is 11.8. The predicted molar refractivity (Wildman–Crippen MR) is 63.8 cm³/mol. The molecule has 2 rings (SSSR count). The van der Waals surface area contributed by atoms with Gasteiger partial charge in [0.05, 0.1) is 5.75 Å². The van der Waals surface area contributed by atoms with Crippen molar-refractivity contribution >= 4 is 22.9 Å². The highest BCUT2D eigenvalue weighted by atomic mass is 32.2. The van der Waals surface area contributed by atoms with E-state index in [0.29, 0.717) is 22.7 Å². The third kappa shape index (κ3) is 1.47. The summed E-state index contributed by atoms with van der Waals surface area (Å²) >= 11 is 1.60. The summed E-state index contributed by atoms with van der Waals surface area (Å²) in [5, 5.41) is 0. The van der Waals surface area contributed by atoms with Crippen molar-refractivity contribution in [2.45, 2.75) is 5.75 Å². The quantitative estimate of drug-likeness (QED) is 0.790. The second-order valence-electron chi connectivity index (χ2n) is 3.52. The monoisotopic (exact) mass is 240 g/mol. The zero-order valence-corrected chi connectivity index (χ0v) is 10.1. The number of thioether (sulfide) groups is 1. The van der Waals surface area contributed by atoms with Crippen LogP contribution in [0.25, 0.3) is 11.2 Å². The van der Waals surface area contributed by atoms with Gasteiger partial charge in [0.25, 0.3) is 5.56 Å². The topological polar surface area (TPSA) is 72.7 Å². The Hall–Kier alpha value is -1.50. The average molecular weight is 240 g/mol. The van der Waals surface area contributed by atoms with Crippen molar-refractivity contribution < 1.29 is 0 Å². The molecule has 0 saturated carbocycles. The number of H-pyrrole nitrogens is 1. The van der Waals surface area contributed by atoms with Gasteiger partial charge in [-0.05, 0) is 6.26 Å². The molecule has 0 unspecified atom stereocenters. The molecule has 0 radical (unpaired) electrons. The first-order valence-corrected chi connectivity index (χ1v) is 6.09. The van der Waals surface area contributed by atoms with E-state index in [1.807, 2.05) is 6.26 Å². The lowest BCUT2D eigenvalue weighted by atomic mass is 10.5. The Bertz CT molecular complexity index is 652. The van der Waals surface area contributed by atoms with Gasteiger partial charge in [-0.25, -0.2) is 9.78 Å². The molecular weight excluding hydrogens is 228 g/mol. The number of hydrogen-bond donors (Lipinski definition) is 1. The van der Waals surface area contributed by atoms with E-state index in [1.54, 1.807) is 18.8 Å². The van der Waals surface area contributed by atoms with Crippen LogP contribution in [0.1, 0.15) is 5.82 Å². The molecule has 0 aliphatic heterocycles. The van der Waals surface area contributed by atoms with Gasteiger partial charge in [-0.15, -0.1) is 0 Å². The number of nitrogens with one attached hydrogen (secondary N) is 1. The zero-order valence-electron chi connectivity index (χ0n) is 9.27. The number of fused-ring (bicyclic) bond motifs is 1. The third-order valence-electron chi connectivity index (χ3n) is 2.42. The molecule has 6 nitrogen and oxygen atoms in total. The normalized spacial score (nSPS) is 11.2. The summed E-state index contributed by atoms with van der Waals surface area (Å²) in [6.07, 6.45) is 1.95. The molecule has 2 aromatic heterocycles. The highest BCUT2D eigenvalue weighted by Gasteiger charge is 2.12. The van der Waals surface area contributed by atoms with Crippen LogP contribution in [0, 0.1) is 0 Å². The molecule has 1 N–H and O–H groups in total. The summed E-state index contributed by atoms with van der Waals surface area (Å²) in [4.78, 5) is 30.6. The maximum Gasteiger partial charge on any atom is 0.332 e. The van der Waals surface area contributed by atoms with Gasteiger partial charge < -0.3 is 4.98 Å². The van der Waals surface area contributed by atoms with Crippen LogP contribution < -0.4 is 11.2 Å². The Morgan fingerprint density at radius 1 is 1.31 bits per heavy atom. The van der Waals surface area contributed by atoms with Crippen molar-refractivity contribution in [2.24, 2.45) is 14.1 Å². The minimum atomic E-state index is -0.361. The van der Waals surface area contributed by atoms with Gasteiger partial charge in [-0.2, -0.15) is 11.8 Å². The molecule has 0 fully saturated rings. The SMILES string of the molecule is CSCc1nc2c([nH]1)c(=O)n(C)c(=O)n2C. The fourth-order valence-electron chi connectivity index (χ4n) is 1.58. The van der Waals surface area contributed by atoms with Crippen molar-refractivity contribution in [3.05, 3.63) is 26.7 Å². The number of aromatic amines is 1. The van der Waals surface area contributed by atoms with Gasteiger partial charge in [0.2, 0.25) is 0 Å². The molecule has 0 saturated heterocycles. The first-order valence-electron chi connectivity index (χ1n) is 4.69. The fraction of sp³-hybridized carbons (Fsp3) is 0.444. The average Bonchev–Trinajstić information content (AvgIpc) is 2.68. The number of nitrogens with zero attached hydrogens (tertiary/aromatic N) is 3. The fourth-order valence-corrected chi connectivity index (χ4v) is 1.99. The standard InChI is InChI=1S/C9H12N4O2S/c1-12-7-6(8(14)13(2)9(12)15)10-5(11-7)4-16-3/h4H2,1-3H3,(H,10,11). The van der Waals surface area contributed by atoms with Crippen LogP contribution in [-0.2, 0) is 19.8 Å². The Morgan fingerprint density at radius 3 is 2.62 bits per heavy atom. The first-order chi connectivity index (χ1) is 7.56. The van der Waals surface area contributed by atoms with Crippen LogP contribution in [0.3, 0.4) is 0 Å². The second-order valence-corrected chi connectivity index (χ2v) is 4.39. The maximum absolute atomic E-state index is 11.8. The Morgan fingerprint density at radius 2 is 2.00 bits per heavy atom. The molecule has 0 atom stereocenters. The van der Waals surface area contributed by atoms with Gasteiger partial charge in [0, 0.05) is 14.1 Å². The van der Waals surface area contributed by atoms with E-state index >= 15 is 0 Å². The Kier molecular flexibility index (Phi) is 2.63. The van der Waals surface area contributed by atoms with Gasteiger partial charge >= 0.3 is 5.69 Å². The molecule has 2 heterocycles. The Balaban J connectivity index is 2.87. The van der Waals surface area contributed by atoms with Crippen LogP contribution >= 0.6 is 11.8 Å². The largest absolute Gasteiger partial charge is 0.335 e. The van der Waals surface area contributed by atoms with E-state index in [0.717, 1.165) is 4.57 Å². The summed E-state index contributed by atoms with van der Waals surface area (Å²) in [7, 11) is 3.06. The number of aryl methyl sites for hydroxylation is 1. The molecule has 86 valence electrons. The minimum absolute atomic E-state index is 0.335. The van der Waals surface area contributed by atoms with Crippen LogP contribution in [0.4, 0.5) is 0 Å². The molecule has 0 amide bonds. The lowest BCUT2D eigenvalue weighted by Gasteiger charge is -2.00. The van der Waals surface area contributed by atoms with Crippen LogP contribution in [0.2, 0.25) is 0 Å². The van der Waals surface area contributed by atoms with Crippen molar-refractivity contribution in [1.29, 1.82) is 0 Å². The molecule has 0 aliphatic carbocycles. The van der Waals surface area contributed by atoms with Gasteiger partial charge in [0.15, 0.2) is 5.65 Å². The van der Waals surface area contributed by atoms with Crippen molar-refractivity contribution in [3.8, 4) is 0 Å². The summed E-state index contributed by atoms with van der Waals surface area (Å²) in [5.74, 6) is 1.40. The molecule has 0 aromatic carbocycles. The van der Waals surface area contributed by atoms with E-state index in [1.165, 1.54) is 11.6 Å². The first kappa shape index (κ1) is 11.0. The zero-order chi connectivity index (χ0) is 11.9. The molecular formula is C9H12N4O2S. The molecule has 0 spiro atoms. The molecule has 7 heteroatoms. The van der Waals surface area contributed by atoms with Gasteiger partial charge in [-0.3, -0.25) is 13.9 Å². The van der Waals surface area contributed by atoms with E-state index in [-0.39, 0.29) is 11.2 Å². The van der Waals surface area contributed by atoms with Gasteiger partial charge in [0.1, 0.15) is 11.3 Å². The smallest absolute Gasteiger partial charge is 0.332 e. The summed E-state index contributed by atoms with van der Waals surface area (Å²) in [5.41, 5.74) is 0.100. The number of hydrogen-bond acceptors (Lipinski definition) is 4. The van der Waals surface area contributed by atoms with Crippen molar-refractivity contribution in [2.75, 3.05) is 6.26 Å². The summed E-state index contributed by atoms with van der Waals surface area (Å²) < 4.78 is 2.44. The molecule has 2 aromatic rings. The molecule has 0 bridgehead atoms. The summed E-state index contributed by atoms with van der Waals surface area (Å²) in [6, 6.07) is 0. The summed E-state index contributed by atoms with van der Waals surface area (Å²) in [6.45, 7) is 0. The number of rotatable bonds is 2. The second kappa shape index (κ2) is 3.82. The highest BCUT2D eigenvalue weighted by Crippen LogP contribution is 2.09. The van der Waals surface area contributed by atoms with Crippen molar-refractivity contribution in [1.82, 2.24) is 19.1 Å². The lowest BCUT2D eigenvalue weighted by molar-refractivity contribution is 0.708. The van der Waals surface area contributed by atoms with E-state index < -0.39 is 0 Å². The van der Waals surface area contributed by atoms with E-state index in [4.69, 9.17) is 0 Å².